The van der Waals surface area contributed by atoms with E-state index in [2.05, 4.69) is 15.5 Å². The third-order valence-electron chi connectivity index (χ3n) is 4.11. The first-order valence-electron chi connectivity index (χ1n) is 9.47. The first kappa shape index (κ1) is 21.5. The molecule has 8 nitrogen and oxygen atoms in total. The Hall–Kier alpha value is -4.20. The minimum absolute atomic E-state index is 0.264. The topological polar surface area (TPSA) is 99.1 Å². The van der Waals surface area contributed by atoms with Gasteiger partial charge in [0.25, 0.3) is 5.91 Å². The molecule has 0 saturated carbocycles. The fourth-order valence-corrected chi connectivity index (χ4v) is 2.59. The highest BCUT2D eigenvalue weighted by Gasteiger charge is 2.12. The first-order chi connectivity index (χ1) is 15.1. The third kappa shape index (κ3) is 5.89. The largest absolute Gasteiger partial charge is 0.494 e. The number of rotatable bonds is 8. The van der Waals surface area contributed by atoms with Crippen molar-refractivity contribution >= 4 is 18.1 Å². The van der Waals surface area contributed by atoms with Crippen molar-refractivity contribution in [3.05, 3.63) is 83.7 Å². The van der Waals surface area contributed by atoms with Gasteiger partial charge in [-0.15, -0.1) is 0 Å². The van der Waals surface area contributed by atoms with E-state index >= 15 is 0 Å². The van der Waals surface area contributed by atoms with Crippen LogP contribution in [0.3, 0.4) is 0 Å². The van der Waals surface area contributed by atoms with Gasteiger partial charge in [-0.3, -0.25) is 9.78 Å². The summed E-state index contributed by atoms with van der Waals surface area (Å²) in [5, 5.41) is 3.96. The number of nitrogens with one attached hydrogen (secondary N) is 1. The van der Waals surface area contributed by atoms with Gasteiger partial charge in [-0.05, 0) is 67.1 Å². The zero-order valence-electron chi connectivity index (χ0n) is 17.1. The summed E-state index contributed by atoms with van der Waals surface area (Å²) < 4.78 is 16.0. The number of carbonyl (C=O) groups is 2. The second-order valence-electron chi connectivity index (χ2n) is 6.19. The fraction of sp³-hybridized carbons (Fsp3) is 0.130. The third-order valence-corrected chi connectivity index (χ3v) is 4.11. The summed E-state index contributed by atoms with van der Waals surface area (Å²) in [6.45, 7) is 2.45. The number of nitrogens with zero attached hydrogens (tertiary/aromatic N) is 2. The standard InChI is InChI=1S/C23H21N3O5/c1-3-30-19-7-5-17(6-8-19)22(27)26-25-15-16-4-9-20(21(14-16)29-2)31-23(28)18-10-12-24-13-11-18/h4-15H,3H2,1-2H3,(H,26,27)/b25-15-. The van der Waals surface area contributed by atoms with E-state index in [0.717, 1.165) is 0 Å². The summed E-state index contributed by atoms with van der Waals surface area (Å²) >= 11 is 0. The molecule has 0 atom stereocenters. The number of pyridine rings is 1. The number of hydrazone groups is 1. The van der Waals surface area contributed by atoms with Gasteiger partial charge in [0.1, 0.15) is 5.75 Å². The van der Waals surface area contributed by atoms with Gasteiger partial charge in [0, 0.05) is 18.0 Å². The molecule has 0 spiro atoms. The SMILES string of the molecule is CCOc1ccc(C(=O)N/N=C\c2ccc(OC(=O)c3ccncc3)c(OC)c2)cc1. The van der Waals surface area contributed by atoms with Gasteiger partial charge in [0.05, 0.1) is 25.5 Å². The van der Waals surface area contributed by atoms with Crippen molar-refractivity contribution in [1.29, 1.82) is 0 Å². The lowest BCUT2D eigenvalue weighted by Crippen LogP contribution is -2.17. The lowest BCUT2D eigenvalue weighted by atomic mass is 10.2. The van der Waals surface area contributed by atoms with Crippen LogP contribution in [0.2, 0.25) is 0 Å². The van der Waals surface area contributed by atoms with Gasteiger partial charge >= 0.3 is 5.97 Å². The van der Waals surface area contributed by atoms with E-state index in [4.69, 9.17) is 14.2 Å². The van der Waals surface area contributed by atoms with Crippen molar-refractivity contribution in [2.45, 2.75) is 6.92 Å². The molecule has 8 heteroatoms. The molecule has 1 heterocycles. The molecule has 31 heavy (non-hydrogen) atoms. The van der Waals surface area contributed by atoms with Gasteiger partial charge in [0.2, 0.25) is 0 Å². The second-order valence-corrected chi connectivity index (χ2v) is 6.19. The van der Waals surface area contributed by atoms with E-state index in [1.807, 2.05) is 6.92 Å². The Kier molecular flexibility index (Phi) is 7.31. The fourth-order valence-electron chi connectivity index (χ4n) is 2.59. The molecule has 2 aromatic carbocycles. The predicted molar refractivity (Wildman–Crippen MR) is 115 cm³/mol. The van der Waals surface area contributed by atoms with Crippen molar-refractivity contribution in [1.82, 2.24) is 10.4 Å². The Morgan fingerprint density at radius 2 is 1.74 bits per heavy atom. The van der Waals surface area contributed by atoms with E-state index < -0.39 is 5.97 Å². The first-order valence-corrected chi connectivity index (χ1v) is 9.47. The summed E-state index contributed by atoms with van der Waals surface area (Å²) in [5.41, 5.74) is 3.94. The lowest BCUT2D eigenvalue weighted by molar-refractivity contribution is 0.0729. The summed E-state index contributed by atoms with van der Waals surface area (Å²) in [4.78, 5) is 28.3. The van der Waals surface area contributed by atoms with Crippen LogP contribution in [0.4, 0.5) is 0 Å². The quantitative estimate of drug-likeness (QED) is 0.260. The number of esters is 1. The van der Waals surface area contributed by atoms with Crippen LogP contribution < -0.4 is 19.6 Å². The average molecular weight is 419 g/mol. The van der Waals surface area contributed by atoms with E-state index in [0.29, 0.717) is 34.8 Å². The molecule has 3 aromatic rings. The van der Waals surface area contributed by atoms with Crippen LogP contribution in [0.15, 0.2) is 72.1 Å². The molecule has 0 aliphatic rings. The van der Waals surface area contributed by atoms with Crippen LogP contribution in [0.5, 0.6) is 17.2 Å². The highest BCUT2D eigenvalue weighted by Crippen LogP contribution is 2.28. The van der Waals surface area contributed by atoms with Gasteiger partial charge < -0.3 is 14.2 Å². The van der Waals surface area contributed by atoms with Crippen molar-refractivity contribution in [2.75, 3.05) is 13.7 Å². The molecule has 158 valence electrons. The maximum absolute atomic E-state index is 12.2. The number of aromatic nitrogens is 1. The summed E-state index contributed by atoms with van der Waals surface area (Å²) in [6, 6.07) is 14.8. The molecule has 0 unspecified atom stereocenters. The predicted octanol–water partition coefficient (Wildman–Crippen LogP) is 3.47. The van der Waals surface area contributed by atoms with Gasteiger partial charge in [-0.2, -0.15) is 5.10 Å². The summed E-state index contributed by atoms with van der Waals surface area (Å²) in [5.74, 6) is 0.433. The van der Waals surface area contributed by atoms with Gasteiger partial charge in [0.15, 0.2) is 11.5 Å². The molecule has 0 bridgehead atoms. The van der Waals surface area contributed by atoms with Crippen LogP contribution in [-0.2, 0) is 0 Å². The Balaban J connectivity index is 1.63. The van der Waals surface area contributed by atoms with Crippen LogP contribution in [0.1, 0.15) is 33.2 Å². The maximum atomic E-state index is 12.2. The van der Waals surface area contributed by atoms with E-state index in [9.17, 15) is 9.59 Å². The average Bonchev–Trinajstić information content (AvgIpc) is 2.81. The van der Waals surface area contributed by atoms with Crippen molar-refractivity contribution in [3.8, 4) is 17.2 Å². The maximum Gasteiger partial charge on any atom is 0.343 e. The van der Waals surface area contributed by atoms with Gasteiger partial charge in [-0.1, -0.05) is 0 Å². The number of methoxy groups -OCH3 is 1. The van der Waals surface area contributed by atoms with Crippen LogP contribution in [-0.4, -0.2) is 36.8 Å². The molecule has 1 N–H and O–H groups in total. The molecule has 0 fully saturated rings. The molecule has 0 radical (unpaired) electrons. The smallest absolute Gasteiger partial charge is 0.343 e. The normalized spacial score (nSPS) is 10.5. The molecule has 1 aromatic heterocycles. The molecular weight excluding hydrogens is 398 g/mol. The number of hydrogen-bond acceptors (Lipinski definition) is 7. The highest BCUT2D eigenvalue weighted by molar-refractivity contribution is 5.95. The van der Waals surface area contributed by atoms with E-state index in [1.165, 1.54) is 25.7 Å². The molecule has 0 aliphatic heterocycles. The molecule has 3 rings (SSSR count). The molecular formula is C23H21N3O5. The van der Waals surface area contributed by atoms with Crippen LogP contribution in [0, 0.1) is 0 Å². The minimum Gasteiger partial charge on any atom is -0.494 e. The van der Waals surface area contributed by atoms with Crippen LogP contribution >= 0.6 is 0 Å². The van der Waals surface area contributed by atoms with Crippen molar-refractivity contribution < 1.29 is 23.8 Å². The van der Waals surface area contributed by atoms with E-state index in [1.54, 1.807) is 54.6 Å². The van der Waals surface area contributed by atoms with Crippen molar-refractivity contribution in [2.24, 2.45) is 5.10 Å². The summed E-state index contributed by atoms with van der Waals surface area (Å²) in [7, 11) is 1.47. The number of benzene rings is 2. The van der Waals surface area contributed by atoms with Crippen molar-refractivity contribution in [3.63, 3.8) is 0 Å². The molecule has 0 saturated heterocycles. The highest BCUT2D eigenvalue weighted by atomic mass is 16.6. The minimum atomic E-state index is -0.523. The Morgan fingerprint density at radius 3 is 2.42 bits per heavy atom. The number of hydrogen-bond donors (Lipinski definition) is 1. The second kappa shape index (κ2) is 10.5. The molecule has 0 aliphatic carbocycles. The van der Waals surface area contributed by atoms with E-state index in [-0.39, 0.29) is 11.7 Å². The number of amides is 1. The Bertz CT molecular complexity index is 1070. The summed E-state index contributed by atoms with van der Waals surface area (Å²) in [6.07, 6.45) is 4.48. The number of ether oxygens (including phenoxy) is 3. The monoisotopic (exact) mass is 419 g/mol. The zero-order chi connectivity index (χ0) is 22.1. The van der Waals surface area contributed by atoms with Gasteiger partial charge in [-0.25, -0.2) is 10.2 Å². The Morgan fingerprint density at radius 1 is 1.00 bits per heavy atom. The number of carbonyl (C=O) groups excluding carboxylic acids is 2. The lowest BCUT2D eigenvalue weighted by Gasteiger charge is -2.09. The molecule has 1 amide bonds. The van der Waals surface area contributed by atoms with Crippen LogP contribution in [0.25, 0.3) is 0 Å². The zero-order valence-corrected chi connectivity index (χ0v) is 17.1. The Labute approximate surface area is 179 Å².